The number of hydrogen-bond donors (Lipinski definition) is 1. The van der Waals surface area contributed by atoms with E-state index in [-0.39, 0.29) is 11.1 Å². The normalized spacial score (nSPS) is 9.75. The molecule has 0 atom stereocenters. The minimum Gasteiger partial charge on any atom is -0.438 e. The van der Waals surface area contributed by atoms with Crippen molar-refractivity contribution in [1.82, 2.24) is 0 Å². The van der Waals surface area contributed by atoms with Gasteiger partial charge in [0.1, 0.15) is 17.4 Å². The maximum atomic E-state index is 8.69. The van der Waals surface area contributed by atoms with Gasteiger partial charge in [0.2, 0.25) is 5.55 Å². The van der Waals surface area contributed by atoms with Crippen LogP contribution in [0.1, 0.15) is 11.1 Å². The predicted octanol–water partition coefficient (Wildman–Crippen LogP) is 2.61. The summed E-state index contributed by atoms with van der Waals surface area (Å²) in [6.07, 6.45) is 0. The number of rotatable bonds is 1. The van der Waals surface area contributed by atoms with Gasteiger partial charge in [-0.05, 0) is 19.1 Å². The molecule has 0 amide bonds. The van der Waals surface area contributed by atoms with Gasteiger partial charge in [-0.1, -0.05) is 29.8 Å². The first kappa shape index (κ1) is 10.2. The highest BCUT2D eigenvalue weighted by Gasteiger charge is 2.02. The van der Waals surface area contributed by atoms with Crippen molar-refractivity contribution in [3.63, 3.8) is 0 Å². The van der Waals surface area contributed by atoms with Gasteiger partial charge in [-0.3, -0.25) is 5.41 Å². The van der Waals surface area contributed by atoms with Gasteiger partial charge in [0.15, 0.2) is 0 Å². The Hall–Kier alpha value is -2.34. The lowest BCUT2D eigenvalue weighted by atomic mass is 10.1. The summed E-state index contributed by atoms with van der Waals surface area (Å²) in [6, 6.07) is 13.0. The van der Waals surface area contributed by atoms with Gasteiger partial charge in [-0.15, -0.1) is 0 Å². The van der Waals surface area contributed by atoms with E-state index >= 15 is 0 Å². The molecular weight excluding hydrogens is 200 g/mol. The van der Waals surface area contributed by atoms with Gasteiger partial charge in [0.25, 0.3) is 0 Å². The molecule has 0 spiro atoms. The minimum absolute atomic E-state index is 0.0967. The molecule has 0 bridgehead atoms. The molecule has 1 aromatic carbocycles. The second kappa shape index (κ2) is 4.03. The molecule has 2 aromatic rings. The largest absolute Gasteiger partial charge is 0.438 e. The highest BCUT2D eigenvalue weighted by Crippen LogP contribution is 2.18. The van der Waals surface area contributed by atoms with Crippen molar-refractivity contribution in [2.75, 3.05) is 0 Å². The van der Waals surface area contributed by atoms with Crippen molar-refractivity contribution in [2.24, 2.45) is 0 Å². The summed E-state index contributed by atoms with van der Waals surface area (Å²) >= 11 is 0. The standard InChI is InChI=1S/C13H10N2O/c1-9-2-4-10(5-3-9)12-7-6-11(8-14)13(15)16-12/h2-7,15H,1H3. The Kier molecular flexibility index (Phi) is 2.57. The van der Waals surface area contributed by atoms with E-state index in [1.165, 1.54) is 5.56 Å². The van der Waals surface area contributed by atoms with E-state index in [1.807, 2.05) is 37.3 Å². The fourth-order valence-electron chi connectivity index (χ4n) is 1.39. The van der Waals surface area contributed by atoms with Crippen molar-refractivity contribution in [3.8, 4) is 17.4 Å². The first-order valence-corrected chi connectivity index (χ1v) is 4.86. The van der Waals surface area contributed by atoms with Crippen LogP contribution in [0, 0.1) is 23.7 Å². The van der Waals surface area contributed by atoms with Crippen LogP contribution in [0.3, 0.4) is 0 Å². The predicted molar refractivity (Wildman–Crippen MR) is 59.5 cm³/mol. The van der Waals surface area contributed by atoms with Crippen LogP contribution in [0.25, 0.3) is 11.3 Å². The average Bonchev–Trinajstić information content (AvgIpc) is 2.30. The molecule has 0 aliphatic heterocycles. The summed E-state index contributed by atoms with van der Waals surface area (Å²) in [5.41, 5.74) is 2.23. The maximum Gasteiger partial charge on any atom is 0.229 e. The smallest absolute Gasteiger partial charge is 0.229 e. The molecule has 0 radical (unpaired) electrons. The zero-order chi connectivity index (χ0) is 11.5. The molecule has 1 N–H and O–H groups in total. The molecular formula is C13H10N2O. The van der Waals surface area contributed by atoms with E-state index in [4.69, 9.17) is 15.1 Å². The number of hydrogen-bond acceptors (Lipinski definition) is 3. The van der Waals surface area contributed by atoms with Crippen molar-refractivity contribution < 1.29 is 4.42 Å². The van der Waals surface area contributed by atoms with Crippen LogP contribution in [-0.4, -0.2) is 0 Å². The topological polar surface area (TPSA) is 60.8 Å². The van der Waals surface area contributed by atoms with Crippen LogP contribution in [0.4, 0.5) is 0 Å². The molecule has 1 aromatic heterocycles. The third-order valence-corrected chi connectivity index (χ3v) is 2.31. The van der Waals surface area contributed by atoms with E-state index in [0.717, 1.165) is 5.56 Å². The van der Waals surface area contributed by atoms with E-state index in [1.54, 1.807) is 12.1 Å². The zero-order valence-electron chi connectivity index (χ0n) is 8.82. The molecule has 2 rings (SSSR count). The molecule has 0 aliphatic rings. The summed E-state index contributed by atoms with van der Waals surface area (Å²) in [7, 11) is 0. The van der Waals surface area contributed by atoms with Gasteiger partial charge in [-0.25, -0.2) is 0 Å². The van der Waals surface area contributed by atoms with E-state index in [2.05, 4.69) is 0 Å². The maximum absolute atomic E-state index is 8.69. The highest BCUT2D eigenvalue weighted by molar-refractivity contribution is 5.57. The Bertz CT molecular complexity index is 603. The first-order chi connectivity index (χ1) is 7.70. The lowest BCUT2D eigenvalue weighted by molar-refractivity contribution is 0.498. The lowest BCUT2D eigenvalue weighted by Gasteiger charge is -2.01. The number of nitrogens with one attached hydrogen (secondary N) is 1. The van der Waals surface area contributed by atoms with Gasteiger partial charge in [0, 0.05) is 5.56 Å². The quantitative estimate of drug-likeness (QED) is 0.786. The molecule has 1 heterocycles. The van der Waals surface area contributed by atoms with Crippen LogP contribution in [0.2, 0.25) is 0 Å². The van der Waals surface area contributed by atoms with Crippen LogP contribution < -0.4 is 5.55 Å². The lowest BCUT2D eigenvalue weighted by Crippen LogP contribution is -2.03. The van der Waals surface area contributed by atoms with Crippen LogP contribution in [0.5, 0.6) is 0 Å². The number of nitrogens with zero attached hydrogens (tertiary/aromatic N) is 1. The Morgan fingerprint density at radius 2 is 1.81 bits per heavy atom. The zero-order valence-corrected chi connectivity index (χ0v) is 8.82. The highest BCUT2D eigenvalue weighted by atomic mass is 16.3. The van der Waals surface area contributed by atoms with E-state index < -0.39 is 0 Å². The summed E-state index contributed by atoms with van der Waals surface area (Å²) in [5.74, 6) is 0.601. The molecule has 0 saturated heterocycles. The van der Waals surface area contributed by atoms with Gasteiger partial charge < -0.3 is 4.42 Å². The first-order valence-electron chi connectivity index (χ1n) is 4.86. The van der Waals surface area contributed by atoms with Crippen LogP contribution in [-0.2, 0) is 0 Å². The number of benzene rings is 1. The summed E-state index contributed by atoms with van der Waals surface area (Å²) in [4.78, 5) is 0. The van der Waals surface area contributed by atoms with Crippen molar-refractivity contribution in [1.29, 1.82) is 10.7 Å². The van der Waals surface area contributed by atoms with Crippen molar-refractivity contribution in [3.05, 3.63) is 53.1 Å². The molecule has 78 valence electrons. The molecule has 0 unspecified atom stereocenters. The molecule has 0 saturated carbocycles. The Morgan fingerprint density at radius 1 is 1.12 bits per heavy atom. The monoisotopic (exact) mass is 210 g/mol. The summed E-state index contributed by atoms with van der Waals surface area (Å²) in [5, 5.41) is 16.2. The van der Waals surface area contributed by atoms with E-state index in [0.29, 0.717) is 5.76 Å². The van der Waals surface area contributed by atoms with Gasteiger partial charge in [-0.2, -0.15) is 5.26 Å². The number of aryl methyl sites for hydroxylation is 1. The fraction of sp³-hybridized carbons (Fsp3) is 0.0769. The van der Waals surface area contributed by atoms with Crippen LogP contribution in [0.15, 0.2) is 40.8 Å². The number of nitriles is 1. The van der Waals surface area contributed by atoms with Crippen LogP contribution >= 0.6 is 0 Å². The average molecular weight is 210 g/mol. The fourth-order valence-corrected chi connectivity index (χ4v) is 1.39. The second-order valence-corrected chi connectivity index (χ2v) is 3.52. The molecule has 16 heavy (non-hydrogen) atoms. The second-order valence-electron chi connectivity index (χ2n) is 3.52. The van der Waals surface area contributed by atoms with E-state index in [9.17, 15) is 0 Å². The molecule has 0 fully saturated rings. The molecule has 3 heteroatoms. The summed E-state index contributed by atoms with van der Waals surface area (Å²) in [6.45, 7) is 2.01. The Balaban J connectivity index is 2.50. The van der Waals surface area contributed by atoms with Crippen molar-refractivity contribution >= 4 is 0 Å². The third-order valence-electron chi connectivity index (χ3n) is 2.31. The van der Waals surface area contributed by atoms with Gasteiger partial charge >= 0.3 is 0 Å². The third kappa shape index (κ3) is 1.86. The summed E-state index contributed by atoms with van der Waals surface area (Å²) < 4.78 is 5.27. The Labute approximate surface area is 93.1 Å². The van der Waals surface area contributed by atoms with Gasteiger partial charge in [0.05, 0.1) is 0 Å². The van der Waals surface area contributed by atoms with Crippen molar-refractivity contribution in [2.45, 2.75) is 6.92 Å². The molecule has 3 nitrogen and oxygen atoms in total. The SMILES string of the molecule is Cc1ccc(-c2ccc(C#N)c(=N)o2)cc1. The molecule has 0 aliphatic carbocycles. The Morgan fingerprint density at radius 3 is 2.38 bits per heavy atom. The minimum atomic E-state index is -0.0967.